The van der Waals surface area contributed by atoms with Crippen LogP contribution in [0.3, 0.4) is 0 Å². The third-order valence-corrected chi connectivity index (χ3v) is 3.82. The number of para-hydroxylation sites is 1. The standard InChI is InChI=1S/C15H11N3S/c16-9-11-5-4-8-13-15(11)18-14(17-13)10-19-12-6-2-1-3-7-12/h1-8H,10H2,(H,17,18). The molecule has 0 aliphatic heterocycles. The fraction of sp³-hybridized carbons (Fsp3) is 0.0667. The van der Waals surface area contributed by atoms with Crippen molar-refractivity contribution in [3.05, 3.63) is 59.9 Å². The molecule has 1 aromatic heterocycles. The van der Waals surface area contributed by atoms with Crippen LogP contribution in [-0.2, 0) is 5.75 Å². The fourth-order valence-corrected chi connectivity index (χ4v) is 2.70. The van der Waals surface area contributed by atoms with Gasteiger partial charge in [0.05, 0.1) is 16.8 Å². The van der Waals surface area contributed by atoms with Crippen molar-refractivity contribution in [2.45, 2.75) is 10.6 Å². The number of thioether (sulfide) groups is 1. The second kappa shape index (κ2) is 5.17. The third-order valence-electron chi connectivity index (χ3n) is 2.80. The van der Waals surface area contributed by atoms with Crippen LogP contribution in [0.25, 0.3) is 11.0 Å². The molecule has 2 aromatic carbocycles. The minimum atomic E-state index is 0.615. The van der Waals surface area contributed by atoms with Crippen molar-refractivity contribution in [2.24, 2.45) is 0 Å². The first-order valence-electron chi connectivity index (χ1n) is 5.92. The molecule has 0 aliphatic rings. The van der Waals surface area contributed by atoms with E-state index >= 15 is 0 Å². The van der Waals surface area contributed by atoms with Gasteiger partial charge in [0.2, 0.25) is 0 Å². The van der Waals surface area contributed by atoms with E-state index in [0.717, 1.165) is 22.6 Å². The first-order chi connectivity index (χ1) is 9.36. The van der Waals surface area contributed by atoms with E-state index in [1.165, 1.54) is 4.90 Å². The lowest BCUT2D eigenvalue weighted by Gasteiger charge is -1.97. The molecular weight excluding hydrogens is 254 g/mol. The molecule has 0 aliphatic carbocycles. The summed E-state index contributed by atoms with van der Waals surface area (Å²) in [6.07, 6.45) is 0. The molecule has 1 heterocycles. The number of fused-ring (bicyclic) bond motifs is 1. The van der Waals surface area contributed by atoms with Gasteiger partial charge in [0.1, 0.15) is 17.4 Å². The van der Waals surface area contributed by atoms with E-state index in [1.54, 1.807) is 17.8 Å². The first kappa shape index (κ1) is 11.8. The first-order valence-corrected chi connectivity index (χ1v) is 6.91. The van der Waals surface area contributed by atoms with E-state index < -0.39 is 0 Å². The largest absolute Gasteiger partial charge is 0.341 e. The molecule has 3 rings (SSSR count). The van der Waals surface area contributed by atoms with Crippen LogP contribution in [0.2, 0.25) is 0 Å². The Morgan fingerprint density at radius 3 is 2.74 bits per heavy atom. The molecule has 0 amide bonds. The van der Waals surface area contributed by atoms with Gasteiger partial charge in [-0.2, -0.15) is 5.26 Å². The Bertz CT molecular complexity index is 741. The summed E-state index contributed by atoms with van der Waals surface area (Å²) in [5, 5.41) is 9.04. The van der Waals surface area contributed by atoms with Crippen LogP contribution in [0.4, 0.5) is 0 Å². The van der Waals surface area contributed by atoms with Gasteiger partial charge in [-0.3, -0.25) is 0 Å². The van der Waals surface area contributed by atoms with Crippen molar-refractivity contribution >= 4 is 22.8 Å². The normalized spacial score (nSPS) is 10.5. The number of nitrogens with zero attached hydrogens (tertiary/aromatic N) is 2. The fourth-order valence-electron chi connectivity index (χ4n) is 1.91. The van der Waals surface area contributed by atoms with Gasteiger partial charge >= 0.3 is 0 Å². The highest BCUT2D eigenvalue weighted by molar-refractivity contribution is 7.98. The van der Waals surface area contributed by atoms with Gasteiger partial charge in [-0.25, -0.2) is 4.98 Å². The lowest BCUT2D eigenvalue weighted by Crippen LogP contribution is -1.83. The zero-order valence-electron chi connectivity index (χ0n) is 10.1. The Labute approximate surface area is 115 Å². The van der Waals surface area contributed by atoms with Gasteiger partial charge in [-0.05, 0) is 24.3 Å². The molecule has 0 atom stereocenters. The van der Waals surface area contributed by atoms with Crippen LogP contribution >= 0.6 is 11.8 Å². The van der Waals surface area contributed by atoms with Crippen molar-refractivity contribution in [1.29, 1.82) is 5.26 Å². The number of aromatic nitrogens is 2. The molecule has 92 valence electrons. The highest BCUT2D eigenvalue weighted by Crippen LogP contribution is 2.23. The summed E-state index contributed by atoms with van der Waals surface area (Å²) in [5.74, 6) is 1.66. The van der Waals surface area contributed by atoms with Crippen LogP contribution in [0.5, 0.6) is 0 Å². The smallest absolute Gasteiger partial charge is 0.117 e. The molecule has 0 fully saturated rings. The number of hydrogen-bond donors (Lipinski definition) is 1. The maximum Gasteiger partial charge on any atom is 0.117 e. The van der Waals surface area contributed by atoms with Crippen LogP contribution in [-0.4, -0.2) is 9.97 Å². The lowest BCUT2D eigenvalue weighted by molar-refractivity contribution is 1.14. The summed E-state index contributed by atoms with van der Waals surface area (Å²) in [7, 11) is 0. The zero-order chi connectivity index (χ0) is 13.1. The quantitative estimate of drug-likeness (QED) is 0.734. The molecule has 0 radical (unpaired) electrons. The SMILES string of the molecule is N#Cc1cccc2[nH]c(CSc3ccccc3)nc12. The van der Waals surface area contributed by atoms with E-state index in [-0.39, 0.29) is 0 Å². The number of hydrogen-bond acceptors (Lipinski definition) is 3. The lowest BCUT2D eigenvalue weighted by atomic mass is 10.2. The number of benzene rings is 2. The topological polar surface area (TPSA) is 52.5 Å². The average molecular weight is 265 g/mol. The van der Waals surface area contributed by atoms with Gasteiger partial charge in [0.25, 0.3) is 0 Å². The van der Waals surface area contributed by atoms with Gasteiger partial charge in [-0.15, -0.1) is 11.8 Å². The second-order valence-corrected chi connectivity index (χ2v) is 5.15. The van der Waals surface area contributed by atoms with E-state index in [1.807, 2.05) is 30.3 Å². The summed E-state index contributed by atoms with van der Waals surface area (Å²) in [5.41, 5.74) is 2.29. The molecule has 4 heteroatoms. The molecule has 0 bridgehead atoms. The predicted molar refractivity (Wildman–Crippen MR) is 76.8 cm³/mol. The molecule has 0 saturated carbocycles. The second-order valence-electron chi connectivity index (χ2n) is 4.10. The van der Waals surface area contributed by atoms with Gasteiger partial charge in [0, 0.05) is 4.90 Å². The van der Waals surface area contributed by atoms with Crippen molar-refractivity contribution < 1.29 is 0 Å². The number of aromatic amines is 1. The van der Waals surface area contributed by atoms with E-state index in [9.17, 15) is 0 Å². The Morgan fingerprint density at radius 2 is 1.95 bits per heavy atom. The minimum Gasteiger partial charge on any atom is -0.341 e. The predicted octanol–water partition coefficient (Wildman–Crippen LogP) is 3.73. The molecular formula is C15H11N3S. The zero-order valence-corrected chi connectivity index (χ0v) is 10.9. The van der Waals surface area contributed by atoms with Crippen molar-refractivity contribution in [1.82, 2.24) is 9.97 Å². The highest BCUT2D eigenvalue weighted by Gasteiger charge is 2.07. The average Bonchev–Trinajstić information content (AvgIpc) is 2.89. The Kier molecular flexibility index (Phi) is 3.21. The Morgan fingerprint density at radius 1 is 1.11 bits per heavy atom. The third kappa shape index (κ3) is 2.47. The number of rotatable bonds is 3. The highest BCUT2D eigenvalue weighted by atomic mass is 32.2. The van der Waals surface area contributed by atoms with Crippen LogP contribution < -0.4 is 0 Å². The van der Waals surface area contributed by atoms with Crippen LogP contribution in [0, 0.1) is 11.3 Å². The molecule has 0 unspecified atom stereocenters. The van der Waals surface area contributed by atoms with Crippen LogP contribution in [0.15, 0.2) is 53.4 Å². The van der Waals surface area contributed by atoms with E-state index in [2.05, 4.69) is 28.2 Å². The maximum atomic E-state index is 9.04. The van der Waals surface area contributed by atoms with E-state index in [4.69, 9.17) is 5.26 Å². The summed E-state index contributed by atoms with van der Waals surface area (Å²) in [4.78, 5) is 8.97. The summed E-state index contributed by atoms with van der Waals surface area (Å²) >= 11 is 1.73. The van der Waals surface area contributed by atoms with Crippen molar-refractivity contribution in [3.63, 3.8) is 0 Å². The van der Waals surface area contributed by atoms with Gasteiger partial charge in [0.15, 0.2) is 0 Å². The van der Waals surface area contributed by atoms with Gasteiger partial charge in [-0.1, -0.05) is 24.3 Å². The van der Waals surface area contributed by atoms with Gasteiger partial charge < -0.3 is 4.98 Å². The van der Waals surface area contributed by atoms with Crippen molar-refractivity contribution in [3.8, 4) is 6.07 Å². The molecule has 0 spiro atoms. The summed E-state index contributed by atoms with van der Waals surface area (Å²) in [6, 6.07) is 18.0. The molecule has 3 nitrogen and oxygen atoms in total. The molecule has 3 aromatic rings. The van der Waals surface area contributed by atoms with Crippen LogP contribution in [0.1, 0.15) is 11.4 Å². The summed E-state index contributed by atoms with van der Waals surface area (Å²) < 4.78 is 0. The van der Waals surface area contributed by atoms with E-state index in [0.29, 0.717) is 5.56 Å². The number of imidazole rings is 1. The number of nitrogens with one attached hydrogen (secondary N) is 1. The molecule has 19 heavy (non-hydrogen) atoms. The number of nitriles is 1. The minimum absolute atomic E-state index is 0.615. The summed E-state index contributed by atoms with van der Waals surface area (Å²) in [6.45, 7) is 0. The number of H-pyrrole nitrogens is 1. The Hall–Kier alpha value is -2.25. The monoisotopic (exact) mass is 265 g/mol. The maximum absolute atomic E-state index is 9.04. The Balaban J connectivity index is 1.85. The molecule has 0 saturated heterocycles. The van der Waals surface area contributed by atoms with Crippen molar-refractivity contribution in [2.75, 3.05) is 0 Å². The molecule has 1 N–H and O–H groups in total.